The average molecular weight is 373 g/mol. The number of aromatic nitrogens is 4. The van der Waals surface area contributed by atoms with Crippen molar-refractivity contribution in [3.63, 3.8) is 0 Å². The predicted octanol–water partition coefficient (Wildman–Crippen LogP) is 2.66. The summed E-state index contributed by atoms with van der Waals surface area (Å²) in [6.07, 6.45) is 5.12. The summed E-state index contributed by atoms with van der Waals surface area (Å²) in [6.45, 7) is 0. The highest BCUT2D eigenvalue weighted by Gasteiger charge is 2.15. The second-order valence-electron chi connectivity index (χ2n) is 5.95. The summed E-state index contributed by atoms with van der Waals surface area (Å²) in [7, 11) is 0. The Bertz CT molecular complexity index is 1170. The van der Waals surface area contributed by atoms with E-state index in [9.17, 15) is 9.59 Å². The number of carbonyl (C=O) groups excluding carboxylic acids is 1. The first-order valence-electron chi connectivity index (χ1n) is 8.50. The molecule has 2 N–H and O–H groups in total. The largest absolute Gasteiger partial charge is 0.339 e. The minimum Gasteiger partial charge on any atom is -0.339 e. The Morgan fingerprint density at radius 1 is 1.11 bits per heavy atom. The minimum atomic E-state index is -0.490. The molecule has 0 atom stereocenters. The van der Waals surface area contributed by atoms with Gasteiger partial charge in [-0.3, -0.25) is 14.6 Å². The van der Waals surface area contributed by atoms with Crippen LogP contribution in [-0.2, 0) is 6.42 Å². The highest BCUT2D eigenvalue weighted by atomic mass is 16.5. The topological polar surface area (TPSA) is 114 Å². The molecule has 1 amide bonds. The van der Waals surface area contributed by atoms with E-state index in [1.54, 1.807) is 36.7 Å². The van der Waals surface area contributed by atoms with Gasteiger partial charge in [0.15, 0.2) is 0 Å². The van der Waals surface area contributed by atoms with Gasteiger partial charge in [0.25, 0.3) is 11.5 Å². The molecule has 0 aliphatic rings. The van der Waals surface area contributed by atoms with E-state index in [0.29, 0.717) is 23.8 Å². The van der Waals surface area contributed by atoms with Crippen LogP contribution in [0.4, 0.5) is 5.69 Å². The molecule has 0 bridgehead atoms. The van der Waals surface area contributed by atoms with Crippen molar-refractivity contribution < 1.29 is 9.32 Å². The van der Waals surface area contributed by atoms with Crippen molar-refractivity contribution in [2.45, 2.75) is 6.42 Å². The molecule has 0 fully saturated rings. The molecule has 0 aliphatic heterocycles. The zero-order chi connectivity index (χ0) is 19.3. The highest BCUT2D eigenvalue weighted by molar-refractivity contribution is 6.04. The lowest BCUT2D eigenvalue weighted by molar-refractivity contribution is 0.102. The van der Waals surface area contributed by atoms with Crippen molar-refractivity contribution in [2.75, 3.05) is 5.32 Å². The van der Waals surface area contributed by atoms with Gasteiger partial charge < -0.3 is 14.8 Å². The van der Waals surface area contributed by atoms with Crippen LogP contribution in [0.2, 0.25) is 0 Å². The number of pyridine rings is 2. The van der Waals surface area contributed by atoms with Gasteiger partial charge >= 0.3 is 0 Å². The molecule has 138 valence electrons. The molecule has 4 aromatic rings. The highest BCUT2D eigenvalue weighted by Crippen LogP contribution is 2.21. The summed E-state index contributed by atoms with van der Waals surface area (Å²) < 4.78 is 5.33. The van der Waals surface area contributed by atoms with Crippen LogP contribution in [0.5, 0.6) is 0 Å². The quantitative estimate of drug-likeness (QED) is 0.556. The monoisotopic (exact) mass is 373 g/mol. The van der Waals surface area contributed by atoms with Gasteiger partial charge in [-0.1, -0.05) is 23.4 Å². The van der Waals surface area contributed by atoms with Crippen molar-refractivity contribution in [3.05, 3.63) is 94.5 Å². The third-order valence-corrected chi connectivity index (χ3v) is 4.06. The summed E-state index contributed by atoms with van der Waals surface area (Å²) in [5, 5.41) is 6.74. The van der Waals surface area contributed by atoms with Crippen LogP contribution in [0.15, 0.2) is 76.4 Å². The Balaban J connectivity index is 1.56. The van der Waals surface area contributed by atoms with Gasteiger partial charge in [0.1, 0.15) is 5.56 Å². The molecular formula is C20H15N5O3. The number of rotatable bonds is 5. The first-order chi connectivity index (χ1) is 13.7. The first kappa shape index (κ1) is 17.3. The molecule has 0 saturated heterocycles. The van der Waals surface area contributed by atoms with Crippen molar-refractivity contribution in [3.8, 4) is 11.4 Å². The zero-order valence-corrected chi connectivity index (χ0v) is 14.6. The smallest absolute Gasteiger partial charge is 0.261 e. The molecule has 28 heavy (non-hydrogen) atoms. The van der Waals surface area contributed by atoms with Gasteiger partial charge in [-0.25, -0.2) is 0 Å². The number of nitrogens with zero attached hydrogens (tertiary/aromatic N) is 3. The number of H-pyrrole nitrogens is 1. The number of hydrogen-bond donors (Lipinski definition) is 2. The average Bonchev–Trinajstić information content (AvgIpc) is 3.19. The number of anilines is 1. The van der Waals surface area contributed by atoms with Gasteiger partial charge in [0.05, 0.1) is 6.42 Å². The van der Waals surface area contributed by atoms with E-state index in [-0.39, 0.29) is 5.56 Å². The summed E-state index contributed by atoms with van der Waals surface area (Å²) in [4.78, 5) is 35.2. The molecule has 0 saturated carbocycles. The van der Waals surface area contributed by atoms with Crippen LogP contribution in [0.25, 0.3) is 11.4 Å². The number of benzene rings is 1. The van der Waals surface area contributed by atoms with E-state index in [1.165, 1.54) is 12.3 Å². The molecule has 3 aromatic heterocycles. The van der Waals surface area contributed by atoms with Gasteiger partial charge in [-0.15, -0.1) is 0 Å². The van der Waals surface area contributed by atoms with Crippen molar-refractivity contribution >= 4 is 11.6 Å². The van der Waals surface area contributed by atoms with E-state index in [1.807, 2.05) is 18.2 Å². The molecule has 1 aromatic carbocycles. The lowest BCUT2D eigenvalue weighted by Gasteiger charge is -2.09. The fourth-order valence-electron chi connectivity index (χ4n) is 2.69. The Morgan fingerprint density at radius 2 is 2.00 bits per heavy atom. The standard InChI is InChI=1S/C20H15N5O3/c26-19-15(7-4-10-22-19)20(27)23-16-8-2-1-5-13(16)11-17-24-18(25-28-17)14-6-3-9-21-12-14/h1-10,12H,11H2,(H,22,26)(H,23,27). The third-order valence-electron chi connectivity index (χ3n) is 4.06. The van der Waals surface area contributed by atoms with Gasteiger partial charge in [-0.05, 0) is 35.9 Å². The van der Waals surface area contributed by atoms with E-state index in [0.717, 1.165) is 11.1 Å². The van der Waals surface area contributed by atoms with Crippen molar-refractivity contribution in [1.82, 2.24) is 20.1 Å². The van der Waals surface area contributed by atoms with Gasteiger partial charge in [0.2, 0.25) is 11.7 Å². The maximum absolute atomic E-state index is 12.4. The van der Waals surface area contributed by atoms with Crippen LogP contribution >= 0.6 is 0 Å². The fraction of sp³-hybridized carbons (Fsp3) is 0.0500. The summed E-state index contributed by atoms with van der Waals surface area (Å²) in [6, 6.07) is 13.9. The van der Waals surface area contributed by atoms with Gasteiger partial charge in [-0.2, -0.15) is 4.98 Å². The van der Waals surface area contributed by atoms with Crippen molar-refractivity contribution in [2.24, 2.45) is 0 Å². The number of aromatic amines is 1. The molecule has 8 nitrogen and oxygen atoms in total. The summed E-state index contributed by atoms with van der Waals surface area (Å²) >= 11 is 0. The maximum atomic E-state index is 12.4. The Hall–Kier alpha value is -4.07. The Labute approximate surface area is 159 Å². The first-order valence-corrected chi connectivity index (χ1v) is 8.50. The molecule has 3 heterocycles. The summed E-state index contributed by atoms with van der Waals surface area (Å²) in [5.41, 5.74) is 1.69. The van der Waals surface area contributed by atoms with Crippen LogP contribution in [-0.4, -0.2) is 26.0 Å². The number of nitrogens with one attached hydrogen (secondary N) is 2. The van der Waals surface area contributed by atoms with Crippen LogP contribution in [0.1, 0.15) is 21.8 Å². The van der Waals surface area contributed by atoms with Crippen LogP contribution in [0.3, 0.4) is 0 Å². The molecule has 8 heteroatoms. The van der Waals surface area contributed by atoms with E-state index < -0.39 is 11.5 Å². The fourth-order valence-corrected chi connectivity index (χ4v) is 2.69. The molecule has 4 rings (SSSR count). The maximum Gasteiger partial charge on any atom is 0.261 e. The zero-order valence-electron chi connectivity index (χ0n) is 14.6. The van der Waals surface area contributed by atoms with Crippen molar-refractivity contribution in [1.29, 1.82) is 0 Å². The molecule has 0 aliphatic carbocycles. The normalized spacial score (nSPS) is 10.6. The van der Waals surface area contributed by atoms with E-state index in [4.69, 9.17) is 4.52 Å². The van der Waals surface area contributed by atoms with Crippen LogP contribution < -0.4 is 10.9 Å². The second kappa shape index (κ2) is 7.67. The number of carbonyl (C=O) groups is 1. The van der Waals surface area contributed by atoms with Gasteiger partial charge in [0, 0.05) is 29.8 Å². The Morgan fingerprint density at radius 3 is 2.82 bits per heavy atom. The number of amides is 1. The minimum absolute atomic E-state index is 0.0361. The van der Waals surface area contributed by atoms with E-state index in [2.05, 4.69) is 25.4 Å². The molecule has 0 radical (unpaired) electrons. The molecule has 0 unspecified atom stereocenters. The van der Waals surface area contributed by atoms with E-state index >= 15 is 0 Å². The SMILES string of the molecule is O=C(Nc1ccccc1Cc1nc(-c2cccnc2)no1)c1ccc[nH]c1=O. The molecule has 0 spiro atoms. The predicted molar refractivity (Wildman–Crippen MR) is 102 cm³/mol. The number of hydrogen-bond acceptors (Lipinski definition) is 6. The third kappa shape index (κ3) is 3.70. The number of para-hydroxylation sites is 1. The summed E-state index contributed by atoms with van der Waals surface area (Å²) in [5.74, 6) is 0.356. The lowest BCUT2D eigenvalue weighted by atomic mass is 10.1. The molecular weight excluding hydrogens is 358 g/mol. The van der Waals surface area contributed by atoms with Crippen LogP contribution in [0, 0.1) is 0 Å². The Kier molecular flexibility index (Phi) is 4.75. The second-order valence-corrected chi connectivity index (χ2v) is 5.95. The lowest BCUT2D eigenvalue weighted by Crippen LogP contribution is -2.23.